The molecule has 0 spiro atoms. The monoisotopic (exact) mass is 227 g/mol. The van der Waals surface area contributed by atoms with Crippen LogP contribution in [0.4, 0.5) is 0 Å². The van der Waals surface area contributed by atoms with E-state index in [-0.39, 0.29) is 5.56 Å². The van der Waals surface area contributed by atoms with Crippen molar-refractivity contribution in [2.24, 2.45) is 0 Å². The minimum atomic E-state index is -1.23. The molecule has 3 N–H and O–H groups in total. The molecule has 1 aromatic heterocycles. The van der Waals surface area contributed by atoms with Crippen molar-refractivity contribution >= 4 is 11.9 Å². The fraction of sp³-hybridized carbons (Fsp3) is 0.300. The zero-order valence-corrected chi connectivity index (χ0v) is 8.91. The minimum Gasteiger partial charge on any atom is -0.479 e. The lowest BCUT2D eigenvalue weighted by Crippen LogP contribution is -2.13. The zero-order chi connectivity index (χ0) is 12.7. The number of aliphatic carboxylic acids is 1. The normalized spacial score (nSPS) is 10.9. The lowest BCUT2D eigenvalue weighted by Gasteiger charge is -1.95. The van der Waals surface area contributed by atoms with Crippen LogP contribution < -0.4 is 0 Å². The number of carboxylic acid groups (broad SMARTS) is 2. The summed E-state index contributed by atoms with van der Waals surface area (Å²) in [5.41, 5.74) is 0.817. The summed E-state index contributed by atoms with van der Waals surface area (Å²) in [7, 11) is 0. The topological polar surface area (TPSA) is 108 Å². The van der Waals surface area contributed by atoms with Crippen molar-refractivity contribution in [1.82, 2.24) is 4.98 Å². The Balaban J connectivity index is 0.000000325. The third kappa shape index (κ3) is 5.06. The van der Waals surface area contributed by atoms with Gasteiger partial charge in [0.2, 0.25) is 0 Å². The Morgan fingerprint density at radius 3 is 2.12 bits per heavy atom. The Bertz CT molecular complexity index is 375. The zero-order valence-electron chi connectivity index (χ0n) is 8.91. The highest BCUT2D eigenvalue weighted by atomic mass is 16.4. The molecule has 0 aliphatic rings. The Kier molecular flexibility index (Phi) is 5.72. The molecule has 1 unspecified atom stereocenters. The van der Waals surface area contributed by atoms with Gasteiger partial charge in [-0.05, 0) is 26.0 Å². The number of aromatic nitrogens is 1. The molecular weight excluding hydrogens is 214 g/mol. The summed E-state index contributed by atoms with van der Waals surface area (Å²) in [6, 6.07) is 3.14. The molecule has 0 radical (unpaired) electrons. The van der Waals surface area contributed by atoms with Gasteiger partial charge in [0.05, 0.1) is 11.3 Å². The van der Waals surface area contributed by atoms with Crippen LogP contribution in [-0.2, 0) is 4.79 Å². The standard InChI is InChI=1S/C7H7NO2.C3H6O3/c1-5-6(7(9)10)3-2-4-8-5;1-2(4)3(5)6/h2-4H,1H3,(H,9,10);2,4H,1H3,(H,5,6). The summed E-state index contributed by atoms with van der Waals surface area (Å²) in [6.07, 6.45) is 0.340. The number of carboxylic acids is 2. The van der Waals surface area contributed by atoms with Gasteiger partial charge in [-0.15, -0.1) is 0 Å². The van der Waals surface area contributed by atoms with Crippen LogP contribution in [-0.4, -0.2) is 38.3 Å². The average molecular weight is 227 g/mol. The van der Waals surface area contributed by atoms with E-state index in [1.165, 1.54) is 13.0 Å². The Morgan fingerprint density at radius 1 is 1.38 bits per heavy atom. The van der Waals surface area contributed by atoms with E-state index in [1.54, 1.807) is 19.2 Å². The van der Waals surface area contributed by atoms with Gasteiger partial charge in [-0.3, -0.25) is 4.98 Å². The third-order valence-corrected chi connectivity index (χ3v) is 1.59. The molecule has 88 valence electrons. The number of aromatic carboxylic acids is 1. The number of aryl methyl sites for hydroxylation is 1. The fourth-order valence-electron chi connectivity index (χ4n) is 0.710. The molecule has 0 saturated heterocycles. The molecule has 1 atom stereocenters. The highest BCUT2D eigenvalue weighted by Crippen LogP contribution is 2.01. The summed E-state index contributed by atoms with van der Waals surface area (Å²) in [5.74, 6) is -2.11. The predicted octanol–water partition coefficient (Wildman–Crippen LogP) is 0.540. The summed E-state index contributed by atoms with van der Waals surface area (Å²) in [6.45, 7) is 2.87. The number of nitrogens with zero attached hydrogens (tertiary/aromatic N) is 1. The molecule has 1 heterocycles. The van der Waals surface area contributed by atoms with E-state index in [9.17, 15) is 9.59 Å². The van der Waals surface area contributed by atoms with Crippen LogP contribution in [0.3, 0.4) is 0 Å². The Labute approximate surface area is 92.2 Å². The maximum Gasteiger partial charge on any atom is 0.337 e. The number of pyridine rings is 1. The van der Waals surface area contributed by atoms with Crippen molar-refractivity contribution in [2.45, 2.75) is 20.0 Å². The number of hydrogen-bond acceptors (Lipinski definition) is 4. The van der Waals surface area contributed by atoms with Gasteiger partial charge in [0.15, 0.2) is 0 Å². The summed E-state index contributed by atoms with van der Waals surface area (Å²) in [5, 5.41) is 24.3. The second-order valence-corrected chi connectivity index (χ2v) is 2.96. The van der Waals surface area contributed by atoms with E-state index in [0.29, 0.717) is 5.69 Å². The van der Waals surface area contributed by atoms with Crippen LogP contribution >= 0.6 is 0 Å². The summed E-state index contributed by atoms with van der Waals surface area (Å²) < 4.78 is 0. The van der Waals surface area contributed by atoms with Crippen LogP contribution in [0.25, 0.3) is 0 Å². The predicted molar refractivity (Wildman–Crippen MR) is 55.2 cm³/mol. The van der Waals surface area contributed by atoms with Gasteiger partial charge < -0.3 is 15.3 Å². The molecule has 0 aliphatic heterocycles. The first-order chi connectivity index (χ1) is 7.36. The molecular formula is C10H13NO5. The molecule has 0 aliphatic carbocycles. The van der Waals surface area contributed by atoms with Crippen molar-refractivity contribution in [1.29, 1.82) is 0 Å². The first-order valence-corrected chi connectivity index (χ1v) is 4.42. The first-order valence-electron chi connectivity index (χ1n) is 4.42. The molecule has 1 aromatic rings. The molecule has 6 heteroatoms. The van der Waals surface area contributed by atoms with E-state index in [4.69, 9.17) is 15.3 Å². The van der Waals surface area contributed by atoms with Gasteiger partial charge in [0, 0.05) is 6.20 Å². The maximum atomic E-state index is 10.4. The number of hydrogen-bond donors (Lipinski definition) is 3. The number of aliphatic hydroxyl groups is 1. The van der Waals surface area contributed by atoms with Crippen molar-refractivity contribution in [3.05, 3.63) is 29.6 Å². The summed E-state index contributed by atoms with van der Waals surface area (Å²) >= 11 is 0. The van der Waals surface area contributed by atoms with E-state index in [1.807, 2.05) is 0 Å². The van der Waals surface area contributed by atoms with Crippen LogP contribution in [0.1, 0.15) is 23.0 Å². The van der Waals surface area contributed by atoms with Crippen molar-refractivity contribution in [3.8, 4) is 0 Å². The third-order valence-electron chi connectivity index (χ3n) is 1.59. The molecule has 1 rings (SSSR count). The molecule has 0 saturated carbocycles. The average Bonchev–Trinajstić information content (AvgIpc) is 2.18. The molecule has 0 aromatic carbocycles. The van der Waals surface area contributed by atoms with Crippen molar-refractivity contribution in [2.75, 3.05) is 0 Å². The van der Waals surface area contributed by atoms with Crippen LogP contribution in [0.2, 0.25) is 0 Å². The lowest BCUT2D eigenvalue weighted by atomic mass is 10.2. The number of rotatable bonds is 2. The fourth-order valence-corrected chi connectivity index (χ4v) is 0.710. The van der Waals surface area contributed by atoms with E-state index >= 15 is 0 Å². The lowest BCUT2D eigenvalue weighted by molar-refractivity contribution is -0.145. The van der Waals surface area contributed by atoms with Crippen molar-refractivity contribution < 1.29 is 24.9 Å². The number of aliphatic hydroxyl groups excluding tert-OH is 1. The molecule has 0 bridgehead atoms. The molecule has 0 amide bonds. The number of carbonyl (C=O) groups is 2. The van der Waals surface area contributed by atoms with E-state index in [2.05, 4.69) is 4.98 Å². The Morgan fingerprint density at radius 2 is 1.88 bits per heavy atom. The molecule has 0 fully saturated rings. The summed E-state index contributed by atoms with van der Waals surface area (Å²) in [4.78, 5) is 23.7. The highest BCUT2D eigenvalue weighted by molar-refractivity contribution is 5.88. The SMILES string of the molecule is CC(O)C(=O)O.Cc1ncccc1C(=O)O. The smallest absolute Gasteiger partial charge is 0.337 e. The van der Waals surface area contributed by atoms with Crippen molar-refractivity contribution in [3.63, 3.8) is 0 Å². The minimum absolute atomic E-state index is 0.266. The molecule has 16 heavy (non-hydrogen) atoms. The highest BCUT2D eigenvalue weighted by Gasteiger charge is 2.04. The van der Waals surface area contributed by atoms with Gasteiger partial charge in [0.1, 0.15) is 6.10 Å². The first kappa shape index (κ1) is 14.1. The van der Waals surface area contributed by atoms with Gasteiger partial charge in [0.25, 0.3) is 0 Å². The second-order valence-electron chi connectivity index (χ2n) is 2.96. The van der Waals surface area contributed by atoms with Crippen LogP contribution in [0.15, 0.2) is 18.3 Å². The van der Waals surface area contributed by atoms with E-state index in [0.717, 1.165) is 0 Å². The quantitative estimate of drug-likeness (QED) is 0.680. The largest absolute Gasteiger partial charge is 0.479 e. The Hall–Kier alpha value is -1.95. The molecule has 6 nitrogen and oxygen atoms in total. The van der Waals surface area contributed by atoms with E-state index < -0.39 is 18.0 Å². The van der Waals surface area contributed by atoms with Crippen LogP contribution in [0.5, 0.6) is 0 Å². The van der Waals surface area contributed by atoms with Crippen LogP contribution in [0, 0.1) is 6.92 Å². The van der Waals surface area contributed by atoms with Gasteiger partial charge >= 0.3 is 11.9 Å². The second kappa shape index (κ2) is 6.52. The van der Waals surface area contributed by atoms with Gasteiger partial charge in [-0.25, -0.2) is 9.59 Å². The van der Waals surface area contributed by atoms with Gasteiger partial charge in [-0.2, -0.15) is 0 Å². The maximum absolute atomic E-state index is 10.4. The van der Waals surface area contributed by atoms with Gasteiger partial charge in [-0.1, -0.05) is 0 Å².